The van der Waals surface area contributed by atoms with Crippen LogP contribution in [0.15, 0.2) is 0 Å². The van der Waals surface area contributed by atoms with Gasteiger partial charge in [0.2, 0.25) is 15.9 Å². The summed E-state index contributed by atoms with van der Waals surface area (Å²) in [6, 6.07) is -0.698. The Kier molecular flexibility index (Phi) is 4.06. The van der Waals surface area contributed by atoms with E-state index in [9.17, 15) is 23.1 Å². The van der Waals surface area contributed by atoms with Gasteiger partial charge in [-0.2, -0.15) is 4.31 Å². The molecule has 2 aliphatic rings. The molecule has 1 heterocycles. The summed E-state index contributed by atoms with van der Waals surface area (Å²) in [4.78, 5) is 23.3. The molecule has 2 rings (SSSR count). The number of nitrogens with one attached hydrogen (secondary N) is 1. The molecule has 0 aromatic heterocycles. The molecule has 2 N–H and O–H groups in total. The summed E-state index contributed by atoms with van der Waals surface area (Å²) in [7, 11) is -3.40. The van der Waals surface area contributed by atoms with E-state index < -0.39 is 27.4 Å². The number of carbonyl (C=O) groups is 2. The van der Waals surface area contributed by atoms with E-state index >= 15 is 0 Å². The summed E-state index contributed by atoms with van der Waals surface area (Å²) in [5.41, 5.74) is -0.857. The molecule has 1 saturated carbocycles. The first-order valence-corrected chi connectivity index (χ1v) is 8.59. The smallest absolute Gasteiger partial charge is 0.311 e. The lowest BCUT2D eigenvalue weighted by Crippen LogP contribution is -2.52. The molecular formula is C12H20N2O5S. The lowest BCUT2D eigenvalue weighted by molar-refractivity contribution is -0.154. The first-order valence-electron chi connectivity index (χ1n) is 6.74. The molecule has 1 atom stereocenters. The molecule has 0 aromatic rings. The Balaban J connectivity index is 1.97. The molecule has 1 saturated heterocycles. The van der Waals surface area contributed by atoms with Gasteiger partial charge in [0.05, 0.1) is 11.7 Å². The van der Waals surface area contributed by atoms with Crippen LogP contribution in [0, 0.1) is 5.41 Å². The van der Waals surface area contributed by atoms with E-state index in [4.69, 9.17) is 0 Å². The fourth-order valence-electron chi connectivity index (χ4n) is 2.84. The number of carboxylic acids is 1. The predicted molar refractivity (Wildman–Crippen MR) is 71.5 cm³/mol. The van der Waals surface area contributed by atoms with E-state index in [0.29, 0.717) is 32.2 Å². The van der Waals surface area contributed by atoms with Crippen LogP contribution in [0.2, 0.25) is 0 Å². The second-order valence-electron chi connectivity index (χ2n) is 5.69. The summed E-state index contributed by atoms with van der Waals surface area (Å²) >= 11 is 0. The average molecular weight is 304 g/mol. The summed E-state index contributed by atoms with van der Waals surface area (Å²) in [6.07, 6.45) is 4.19. The number of sulfonamides is 1. The molecule has 1 amide bonds. The SMILES string of the molecule is CS(=O)(=O)N1CCCC1C(=O)NCC1(C(=O)O)CCC1. The molecule has 7 nitrogen and oxygen atoms in total. The van der Waals surface area contributed by atoms with Crippen molar-refractivity contribution in [3.63, 3.8) is 0 Å². The van der Waals surface area contributed by atoms with E-state index in [1.54, 1.807) is 0 Å². The molecule has 20 heavy (non-hydrogen) atoms. The highest BCUT2D eigenvalue weighted by Crippen LogP contribution is 2.40. The van der Waals surface area contributed by atoms with Gasteiger partial charge in [0.25, 0.3) is 0 Å². The van der Waals surface area contributed by atoms with Crippen molar-refractivity contribution >= 4 is 21.9 Å². The number of rotatable bonds is 5. The molecule has 0 radical (unpaired) electrons. The lowest BCUT2D eigenvalue weighted by atomic mass is 9.69. The summed E-state index contributed by atoms with van der Waals surface area (Å²) < 4.78 is 24.3. The Hall–Kier alpha value is -1.15. The number of amides is 1. The van der Waals surface area contributed by atoms with Gasteiger partial charge in [-0.25, -0.2) is 8.42 Å². The maximum absolute atomic E-state index is 12.1. The Bertz CT molecular complexity index is 512. The highest BCUT2D eigenvalue weighted by molar-refractivity contribution is 7.88. The van der Waals surface area contributed by atoms with Crippen molar-refractivity contribution in [1.82, 2.24) is 9.62 Å². The van der Waals surface area contributed by atoms with Crippen LogP contribution in [-0.2, 0) is 19.6 Å². The van der Waals surface area contributed by atoms with Gasteiger partial charge >= 0.3 is 5.97 Å². The monoisotopic (exact) mass is 304 g/mol. The van der Waals surface area contributed by atoms with E-state index in [1.807, 2.05) is 0 Å². The number of carbonyl (C=O) groups excluding carboxylic acids is 1. The number of hydrogen-bond acceptors (Lipinski definition) is 4. The van der Waals surface area contributed by atoms with Gasteiger partial charge < -0.3 is 10.4 Å². The van der Waals surface area contributed by atoms with Crippen molar-refractivity contribution in [2.75, 3.05) is 19.3 Å². The van der Waals surface area contributed by atoms with Gasteiger partial charge in [0.1, 0.15) is 6.04 Å². The second kappa shape index (κ2) is 5.33. The third kappa shape index (κ3) is 2.80. The van der Waals surface area contributed by atoms with E-state index in [-0.39, 0.29) is 12.5 Å². The van der Waals surface area contributed by atoms with Gasteiger partial charge in [-0.15, -0.1) is 0 Å². The van der Waals surface area contributed by atoms with E-state index in [0.717, 1.165) is 12.7 Å². The molecule has 0 bridgehead atoms. The molecule has 114 valence electrons. The molecule has 0 spiro atoms. The zero-order chi connectivity index (χ0) is 15.0. The van der Waals surface area contributed by atoms with Crippen LogP contribution < -0.4 is 5.32 Å². The number of hydrogen-bond donors (Lipinski definition) is 2. The van der Waals surface area contributed by atoms with Crippen LogP contribution in [0.3, 0.4) is 0 Å². The van der Waals surface area contributed by atoms with Crippen LogP contribution in [0.25, 0.3) is 0 Å². The van der Waals surface area contributed by atoms with Crippen molar-refractivity contribution in [2.24, 2.45) is 5.41 Å². The Morgan fingerprint density at radius 2 is 2.00 bits per heavy atom. The Morgan fingerprint density at radius 1 is 1.35 bits per heavy atom. The third-order valence-electron chi connectivity index (χ3n) is 4.30. The standard InChI is InChI=1S/C12H20N2O5S/c1-20(18,19)14-7-2-4-9(14)10(15)13-8-12(11(16)17)5-3-6-12/h9H,2-8H2,1H3,(H,13,15)(H,16,17). The minimum absolute atomic E-state index is 0.0786. The summed E-state index contributed by atoms with van der Waals surface area (Å²) in [5, 5.41) is 11.8. The van der Waals surface area contributed by atoms with Crippen LogP contribution in [-0.4, -0.2) is 55.1 Å². The van der Waals surface area contributed by atoms with Gasteiger partial charge in [-0.1, -0.05) is 6.42 Å². The molecule has 1 unspecified atom stereocenters. The molecule has 1 aliphatic heterocycles. The predicted octanol–water partition coefficient (Wildman–Crippen LogP) is -0.218. The third-order valence-corrected chi connectivity index (χ3v) is 5.59. The van der Waals surface area contributed by atoms with Crippen molar-refractivity contribution < 1.29 is 23.1 Å². The van der Waals surface area contributed by atoms with Crippen LogP contribution in [0.5, 0.6) is 0 Å². The largest absolute Gasteiger partial charge is 0.481 e. The second-order valence-corrected chi connectivity index (χ2v) is 7.62. The number of aliphatic carboxylic acids is 1. The average Bonchev–Trinajstić information content (AvgIpc) is 2.74. The van der Waals surface area contributed by atoms with Crippen molar-refractivity contribution in [1.29, 1.82) is 0 Å². The normalized spacial score (nSPS) is 25.9. The maximum Gasteiger partial charge on any atom is 0.311 e. The molecule has 1 aliphatic carbocycles. The quantitative estimate of drug-likeness (QED) is 0.731. The first kappa shape index (κ1) is 15.2. The molecule has 8 heteroatoms. The molecule has 0 aromatic carbocycles. The van der Waals surface area contributed by atoms with Crippen LogP contribution in [0.1, 0.15) is 32.1 Å². The minimum atomic E-state index is -3.40. The van der Waals surface area contributed by atoms with Crippen LogP contribution >= 0.6 is 0 Å². The zero-order valence-electron chi connectivity index (χ0n) is 11.5. The van der Waals surface area contributed by atoms with Crippen LogP contribution in [0.4, 0.5) is 0 Å². The number of nitrogens with zero attached hydrogens (tertiary/aromatic N) is 1. The highest BCUT2D eigenvalue weighted by atomic mass is 32.2. The topological polar surface area (TPSA) is 104 Å². The highest BCUT2D eigenvalue weighted by Gasteiger charge is 2.45. The Morgan fingerprint density at radius 3 is 2.45 bits per heavy atom. The summed E-state index contributed by atoms with van der Waals surface area (Å²) in [5.74, 6) is -1.28. The lowest BCUT2D eigenvalue weighted by Gasteiger charge is -2.38. The van der Waals surface area contributed by atoms with E-state index in [2.05, 4.69) is 5.32 Å². The van der Waals surface area contributed by atoms with Gasteiger partial charge in [0, 0.05) is 13.1 Å². The Labute approximate surface area is 118 Å². The summed E-state index contributed by atoms with van der Waals surface area (Å²) in [6.45, 7) is 0.427. The van der Waals surface area contributed by atoms with Crippen molar-refractivity contribution in [2.45, 2.75) is 38.1 Å². The maximum atomic E-state index is 12.1. The zero-order valence-corrected chi connectivity index (χ0v) is 12.3. The fraction of sp³-hybridized carbons (Fsp3) is 0.833. The van der Waals surface area contributed by atoms with Crippen molar-refractivity contribution in [3.8, 4) is 0 Å². The number of carboxylic acid groups (broad SMARTS) is 1. The van der Waals surface area contributed by atoms with E-state index in [1.165, 1.54) is 4.31 Å². The molecule has 2 fully saturated rings. The fourth-order valence-corrected chi connectivity index (χ4v) is 3.97. The molecular weight excluding hydrogens is 284 g/mol. The minimum Gasteiger partial charge on any atom is -0.481 e. The van der Waals surface area contributed by atoms with Gasteiger partial charge in [0.15, 0.2) is 0 Å². The van der Waals surface area contributed by atoms with Gasteiger partial charge in [-0.3, -0.25) is 9.59 Å². The van der Waals surface area contributed by atoms with Crippen molar-refractivity contribution in [3.05, 3.63) is 0 Å². The van der Waals surface area contributed by atoms with Gasteiger partial charge in [-0.05, 0) is 25.7 Å². The first-order chi connectivity index (χ1) is 9.26.